The van der Waals surface area contributed by atoms with E-state index in [1.165, 1.54) is 11.1 Å². The van der Waals surface area contributed by atoms with Crippen molar-refractivity contribution in [3.05, 3.63) is 83.7 Å². The van der Waals surface area contributed by atoms with Crippen LogP contribution in [0.5, 0.6) is 0 Å². The second kappa shape index (κ2) is 6.14. The molecule has 0 spiro atoms. The summed E-state index contributed by atoms with van der Waals surface area (Å²) in [5.74, 6) is 0. The van der Waals surface area contributed by atoms with Crippen LogP contribution < -0.4 is 0 Å². The third kappa shape index (κ3) is 3.42. The monoisotopic (exact) mass is 272 g/mol. The smallest absolute Gasteiger partial charge is 0.0892 e. The first-order chi connectivity index (χ1) is 10.3. The number of hydrogen-bond acceptors (Lipinski definition) is 2. The first-order valence-corrected chi connectivity index (χ1v) is 6.93. The lowest BCUT2D eigenvalue weighted by Gasteiger charge is -2.02. The van der Waals surface area contributed by atoms with Gasteiger partial charge in [0.25, 0.3) is 0 Å². The summed E-state index contributed by atoms with van der Waals surface area (Å²) in [6, 6.07) is 18.4. The molecular weight excluding hydrogens is 256 g/mol. The number of rotatable bonds is 3. The third-order valence-corrected chi connectivity index (χ3v) is 3.23. The molecule has 2 heteroatoms. The van der Waals surface area contributed by atoms with Crippen LogP contribution in [0.25, 0.3) is 23.5 Å². The quantitative estimate of drug-likeness (QED) is 0.695. The molecule has 0 saturated carbocycles. The predicted octanol–water partition coefficient (Wildman–Crippen LogP) is 4.62. The van der Waals surface area contributed by atoms with Gasteiger partial charge in [0, 0.05) is 12.4 Å². The first-order valence-electron chi connectivity index (χ1n) is 6.93. The van der Waals surface area contributed by atoms with Gasteiger partial charge in [0.2, 0.25) is 0 Å². The Hall–Kier alpha value is -2.74. The van der Waals surface area contributed by atoms with Crippen LogP contribution in [0.3, 0.4) is 0 Å². The summed E-state index contributed by atoms with van der Waals surface area (Å²) >= 11 is 0. The van der Waals surface area contributed by atoms with Crippen molar-refractivity contribution in [1.29, 1.82) is 0 Å². The van der Waals surface area contributed by atoms with Gasteiger partial charge in [-0.05, 0) is 47.9 Å². The number of pyridine rings is 2. The van der Waals surface area contributed by atoms with E-state index < -0.39 is 0 Å². The van der Waals surface area contributed by atoms with Gasteiger partial charge < -0.3 is 0 Å². The fraction of sp³-hybridized carbons (Fsp3) is 0.0526. The summed E-state index contributed by atoms with van der Waals surface area (Å²) in [6.07, 6.45) is 7.84. The van der Waals surface area contributed by atoms with Gasteiger partial charge in [0.05, 0.1) is 11.4 Å². The van der Waals surface area contributed by atoms with Crippen LogP contribution in [0, 0.1) is 6.92 Å². The highest BCUT2D eigenvalue weighted by atomic mass is 14.8. The minimum atomic E-state index is 0.897. The maximum atomic E-state index is 4.41. The number of aromatic nitrogens is 2. The van der Waals surface area contributed by atoms with E-state index in [4.69, 9.17) is 0 Å². The van der Waals surface area contributed by atoms with E-state index in [-0.39, 0.29) is 0 Å². The first kappa shape index (κ1) is 13.3. The summed E-state index contributed by atoms with van der Waals surface area (Å²) in [6.45, 7) is 2.06. The molecule has 0 aliphatic rings. The number of hydrogen-bond donors (Lipinski definition) is 0. The molecule has 0 saturated heterocycles. The second-order valence-corrected chi connectivity index (χ2v) is 4.94. The van der Waals surface area contributed by atoms with E-state index in [0.717, 1.165) is 17.0 Å². The number of benzene rings is 1. The zero-order valence-corrected chi connectivity index (χ0v) is 11.9. The van der Waals surface area contributed by atoms with Crippen molar-refractivity contribution >= 4 is 12.2 Å². The molecule has 2 heterocycles. The molecule has 0 aliphatic heterocycles. The topological polar surface area (TPSA) is 25.8 Å². The molecule has 0 fully saturated rings. The van der Waals surface area contributed by atoms with E-state index in [0.29, 0.717) is 0 Å². The highest BCUT2D eigenvalue weighted by Crippen LogP contribution is 2.17. The number of nitrogens with zero attached hydrogens (tertiary/aromatic N) is 2. The second-order valence-electron chi connectivity index (χ2n) is 4.94. The predicted molar refractivity (Wildman–Crippen MR) is 87.6 cm³/mol. The SMILES string of the molecule is Cc1ccnc(-c2cc(/C=C/c3ccccc3)ccn2)c1. The minimum absolute atomic E-state index is 0.897. The van der Waals surface area contributed by atoms with E-state index in [1.54, 1.807) is 0 Å². The average Bonchev–Trinajstić information content (AvgIpc) is 2.54. The van der Waals surface area contributed by atoms with Gasteiger partial charge in [-0.25, -0.2) is 0 Å². The molecule has 2 aromatic heterocycles. The molecule has 0 atom stereocenters. The zero-order valence-electron chi connectivity index (χ0n) is 11.9. The lowest BCUT2D eigenvalue weighted by Crippen LogP contribution is -1.88. The van der Waals surface area contributed by atoms with Crippen molar-refractivity contribution in [1.82, 2.24) is 9.97 Å². The van der Waals surface area contributed by atoms with Crippen molar-refractivity contribution in [2.75, 3.05) is 0 Å². The molecule has 0 aliphatic carbocycles. The molecule has 1 aromatic carbocycles. The molecule has 2 nitrogen and oxygen atoms in total. The summed E-state index contributed by atoms with van der Waals surface area (Å²) in [5, 5.41) is 0. The van der Waals surface area contributed by atoms with Crippen LogP contribution in [0.2, 0.25) is 0 Å². The van der Waals surface area contributed by atoms with Gasteiger partial charge in [-0.3, -0.25) is 9.97 Å². The van der Waals surface area contributed by atoms with Gasteiger partial charge in [-0.15, -0.1) is 0 Å². The normalized spacial score (nSPS) is 10.9. The Morgan fingerprint density at radius 1 is 0.714 bits per heavy atom. The number of aryl methyl sites for hydroxylation is 1. The Balaban J connectivity index is 1.88. The largest absolute Gasteiger partial charge is 0.255 e. The summed E-state index contributed by atoms with van der Waals surface area (Å²) in [7, 11) is 0. The van der Waals surface area contributed by atoms with E-state index in [9.17, 15) is 0 Å². The van der Waals surface area contributed by atoms with Crippen molar-refractivity contribution in [2.24, 2.45) is 0 Å². The molecule has 3 aromatic rings. The zero-order chi connectivity index (χ0) is 14.5. The highest BCUT2D eigenvalue weighted by molar-refractivity contribution is 5.71. The Bertz CT molecular complexity index is 761. The van der Waals surface area contributed by atoms with Crippen molar-refractivity contribution in [3.8, 4) is 11.4 Å². The molecule has 0 unspecified atom stereocenters. The van der Waals surface area contributed by atoms with Crippen LogP contribution in [0.15, 0.2) is 67.0 Å². The van der Waals surface area contributed by atoms with Gasteiger partial charge >= 0.3 is 0 Å². The fourth-order valence-electron chi connectivity index (χ4n) is 2.12. The van der Waals surface area contributed by atoms with Crippen LogP contribution in [0.4, 0.5) is 0 Å². The van der Waals surface area contributed by atoms with Crippen molar-refractivity contribution < 1.29 is 0 Å². The minimum Gasteiger partial charge on any atom is -0.255 e. The maximum Gasteiger partial charge on any atom is 0.0892 e. The Morgan fingerprint density at radius 2 is 1.38 bits per heavy atom. The summed E-state index contributed by atoms with van der Waals surface area (Å²) in [4.78, 5) is 8.79. The molecule has 0 amide bonds. The molecule has 21 heavy (non-hydrogen) atoms. The van der Waals surface area contributed by atoms with Gasteiger partial charge in [-0.1, -0.05) is 42.5 Å². The fourth-order valence-corrected chi connectivity index (χ4v) is 2.12. The summed E-state index contributed by atoms with van der Waals surface area (Å²) < 4.78 is 0. The molecule has 102 valence electrons. The Kier molecular flexibility index (Phi) is 3.88. The lowest BCUT2D eigenvalue weighted by atomic mass is 10.1. The maximum absolute atomic E-state index is 4.41. The standard InChI is InChI=1S/C19H16N2/c1-15-9-11-20-18(13-15)19-14-17(10-12-21-19)8-7-16-5-3-2-4-6-16/h2-14H,1H3/b8-7+. The lowest BCUT2D eigenvalue weighted by molar-refractivity contribution is 1.23. The Labute approximate surface area is 124 Å². The van der Waals surface area contributed by atoms with Crippen molar-refractivity contribution in [3.63, 3.8) is 0 Å². The average molecular weight is 272 g/mol. The Morgan fingerprint density at radius 3 is 2.14 bits per heavy atom. The third-order valence-electron chi connectivity index (χ3n) is 3.23. The van der Waals surface area contributed by atoms with Gasteiger partial charge in [0.1, 0.15) is 0 Å². The summed E-state index contributed by atoms with van der Waals surface area (Å²) in [5.41, 5.74) is 5.29. The van der Waals surface area contributed by atoms with E-state index in [2.05, 4.69) is 47.2 Å². The van der Waals surface area contributed by atoms with Crippen LogP contribution in [0.1, 0.15) is 16.7 Å². The van der Waals surface area contributed by atoms with Crippen molar-refractivity contribution in [2.45, 2.75) is 6.92 Å². The molecule has 0 bridgehead atoms. The van der Waals surface area contributed by atoms with Crippen LogP contribution >= 0.6 is 0 Å². The molecule has 0 radical (unpaired) electrons. The van der Waals surface area contributed by atoms with Crippen LogP contribution in [-0.4, -0.2) is 9.97 Å². The highest BCUT2D eigenvalue weighted by Gasteiger charge is 2.01. The molecular formula is C19H16N2. The van der Waals surface area contributed by atoms with E-state index >= 15 is 0 Å². The van der Waals surface area contributed by atoms with Gasteiger partial charge in [0.15, 0.2) is 0 Å². The van der Waals surface area contributed by atoms with E-state index in [1.807, 2.05) is 48.8 Å². The van der Waals surface area contributed by atoms with Crippen LogP contribution in [-0.2, 0) is 0 Å². The molecule has 3 rings (SSSR count). The van der Waals surface area contributed by atoms with Gasteiger partial charge in [-0.2, -0.15) is 0 Å². The molecule has 0 N–H and O–H groups in total.